The van der Waals surface area contributed by atoms with Gasteiger partial charge in [-0.25, -0.2) is 0 Å². The van der Waals surface area contributed by atoms with Crippen LogP contribution in [0.1, 0.15) is 32.1 Å². The fourth-order valence-electron chi connectivity index (χ4n) is 5.56. The van der Waals surface area contributed by atoms with Crippen molar-refractivity contribution in [3.63, 3.8) is 0 Å². The Balaban J connectivity index is 1.55. The van der Waals surface area contributed by atoms with Crippen LogP contribution in [0.5, 0.6) is 0 Å². The number of nitrogens with one attached hydrogen (secondary N) is 1. The highest BCUT2D eigenvalue weighted by Gasteiger charge is 2.52. The van der Waals surface area contributed by atoms with Crippen molar-refractivity contribution in [2.45, 2.75) is 38.1 Å². The number of hydrogen-bond acceptors (Lipinski definition) is 1. The molecule has 5 aliphatic rings. The monoisotopic (exact) mass is 222 g/mol. The second-order valence-corrected chi connectivity index (χ2v) is 6.73. The predicted molar refractivity (Wildman–Crippen MR) is 62.3 cm³/mol. The van der Waals surface area contributed by atoms with Crippen LogP contribution in [0.3, 0.4) is 0 Å². The van der Waals surface area contributed by atoms with Gasteiger partial charge in [-0.15, -0.1) is 0 Å². The van der Waals surface area contributed by atoms with Gasteiger partial charge in [0.2, 0.25) is 0 Å². The molecule has 1 heterocycles. The molecule has 0 aromatic heterocycles. The molecule has 1 N–H and O–H groups in total. The minimum Gasteiger partial charge on any atom is -0.370 e. The minimum absolute atomic E-state index is 1.01. The zero-order valence-corrected chi connectivity index (χ0v) is 10.2. The highest BCUT2D eigenvalue weighted by Crippen LogP contribution is 2.52. The molecule has 4 aliphatic carbocycles. The molecule has 4 bridgehead atoms. The molecule has 0 spiro atoms. The molecule has 0 radical (unpaired) electrons. The van der Waals surface area contributed by atoms with E-state index in [1.807, 2.05) is 4.90 Å². The van der Waals surface area contributed by atoms with Gasteiger partial charge in [-0.05, 0) is 43.9 Å². The van der Waals surface area contributed by atoms with Crippen molar-refractivity contribution >= 4 is 0 Å². The van der Waals surface area contributed by atoms with Crippen molar-refractivity contribution in [3.8, 4) is 0 Å². The van der Waals surface area contributed by atoms with Crippen molar-refractivity contribution in [1.29, 1.82) is 0 Å². The van der Waals surface area contributed by atoms with Gasteiger partial charge in [0.15, 0.2) is 0 Å². The second kappa shape index (κ2) is 3.71. The largest absolute Gasteiger partial charge is 0.370 e. The molecule has 16 heavy (non-hydrogen) atoms. The molecule has 2 heteroatoms. The molecule has 1 aliphatic heterocycles. The molecule has 1 saturated heterocycles. The number of hydrogen-bond donors (Lipinski definition) is 1. The van der Waals surface area contributed by atoms with Gasteiger partial charge in [0.05, 0.1) is 19.3 Å². The van der Waals surface area contributed by atoms with Gasteiger partial charge in [-0.1, -0.05) is 0 Å². The predicted octanol–water partition coefficient (Wildman–Crippen LogP) is 0.726. The van der Waals surface area contributed by atoms with Crippen LogP contribution >= 0.6 is 0 Å². The Hall–Kier alpha value is -0.0800. The second-order valence-electron chi connectivity index (χ2n) is 6.73. The van der Waals surface area contributed by atoms with Crippen LogP contribution in [0, 0.1) is 23.7 Å². The van der Waals surface area contributed by atoms with E-state index >= 15 is 0 Å². The molecule has 0 aromatic carbocycles. The maximum absolute atomic E-state index is 5.52. The summed E-state index contributed by atoms with van der Waals surface area (Å²) in [5.41, 5.74) is 0. The van der Waals surface area contributed by atoms with Crippen molar-refractivity contribution in [1.82, 2.24) is 0 Å². The van der Waals surface area contributed by atoms with Gasteiger partial charge >= 0.3 is 0 Å². The summed E-state index contributed by atoms with van der Waals surface area (Å²) in [5.74, 6) is 4.42. The van der Waals surface area contributed by atoms with Crippen molar-refractivity contribution < 1.29 is 9.64 Å². The van der Waals surface area contributed by atoms with Crippen LogP contribution in [0.2, 0.25) is 0 Å². The lowest BCUT2D eigenvalue weighted by Crippen LogP contribution is -3.19. The van der Waals surface area contributed by atoms with Crippen molar-refractivity contribution in [2.75, 3.05) is 26.3 Å². The third kappa shape index (κ3) is 1.46. The van der Waals surface area contributed by atoms with E-state index in [9.17, 15) is 0 Å². The summed E-state index contributed by atoms with van der Waals surface area (Å²) < 4.78 is 5.52. The average molecular weight is 222 g/mol. The molecule has 0 unspecified atom stereocenters. The van der Waals surface area contributed by atoms with Gasteiger partial charge in [0, 0.05) is 11.8 Å². The van der Waals surface area contributed by atoms with E-state index in [-0.39, 0.29) is 0 Å². The molecule has 0 amide bonds. The maximum atomic E-state index is 5.52. The zero-order chi connectivity index (χ0) is 10.5. The van der Waals surface area contributed by atoms with Crippen LogP contribution in [-0.2, 0) is 4.74 Å². The first-order valence-electron chi connectivity index (χ1n) is 7.32. The smallest absolute Gasteiger partial charge is 0.101 e. The molecule has 0 aromatic rings. The first kappa shape index (κ1) is 9.90. The van der Waals surface area contributed by atoms with Gasteiger partial charge in [0.25, 0.3) is 0 Å². The Kier molecular flexibility index (Phi) is 2.29. The Labute approximate surface area is 98.3 Å². The van der Waals surface area contributed by atoms with Crippen LogP contribution < -0.4 is 4.90 Å². The summed E-state index contributed by atoms with van der Waals surface area (Å²) in [6.45, 7) is 4.59. The van der Waals surface area contributed by atoms with Gasteiger partial charge in [-0.3, -0.25) is 0 Å². The van der Waals surface area contributed by atoms with E-state index in [4.69, 9.17) is 4.74 Å². The van der Waals surface area contributed by atoms with Crippen LogP contribution in [0.25, 0.3) is 0 Å². The van der Waals surface area contributed by atoms with Crippen LogP contribution in [-0.4, -0.2) is 32.3 Å². The average Bonchev–Trinajstić information content (AvgIpc) is 2.29. The van der Waals surface area contributed by atoms with Crippen molar-refractivity contribution in [3.05, 3.63) is 0 Å². The number of ether oxygens (including phenoxy) is 1. The minimum atomic E-state index is 1.01. The first-order valence-corrected chi connectivity index (χ1v) is 7.32. The van der Waals surface area contributed by atoms with Crippen molar-refractivity contribution in [2.24, 2.45) is 23.7 Å². The van der Waals surface area contributed by atoms with Gasteiger partial charge in [0.1, 0.15) is 13.1 Å². The molecule has 4 saturated carbocycles. The molecular weight excluding hydrogens is 198 g/mol. The van der Waals surface area contributed by atoms with E-state index in [0.29, 0.717) is 0 Å². The fraction of sp³-hybridized carbons (Fsp3) is 1.00. The number of morpholine rings is 1. The summed E-state index contributed by atoms with van der Waals surface area (Å²) in [6, 6.07) is 1.02. The third-order valence-electron chi connectivity index (χ3n) is 5.83. The van der Waals surface area contributed by atoms with E-state index < -0.39 is 0 Å². The Bertz CT molecular complexity index is 241. The molecule has 90 valence electrons. The van der Waals surface area contributed by atoms with Crippen LogP contribution in [0.15, 0.2) is 0 Å². The van der Waals surface area contributed by atoms with Gasteiger partial charge in [-0.2, -0.15) is 0 Å². The molecule has 2 nitrogen and oxygen atoms in total. The normalized spacial score (nSPS) is 52.1. The quantitative estimate of drug-likeness (QED) is 0.690. The zero-order valence-electron chi connectivity index (χ0n) is 10.2. The summed E-state index contributed by atoms with van der Waals surface area (Å²) in [6.07, 6.45) is 7.87. The number of rotatable bonds is 1. The highest BCUT2D eigenvalue weighted by atomic mass is 16.5. The highest BCUT2D eigenvalue weighted by molar-refractivity contribution is 4.98. The molecule has 5 rings (SSSR count). The summed E-state index contributed by atoms with van der Waals surface area (Å²) in [7, 11) is 0. The third-order valence-corrected chi connectivity index (χ3v) is 5.83. The lowest BCUT2D eigenvalue weighted by molar-refractivity contribution is -0.943. The summed E-state index contributed by atoms with van der Waals surface area (Å²) in [5, 5.41) is 0. The van der Waals surface area contributed by atoms with E-state index in [0.717, 1.165) is 42.9 Å². The van der Waals surface area contributed by atoms with E-state index in [1.165, 1.54) is 13.1 Å². The summed E-state index contributed by atoms with van der Waals surface area (Å²) >= 11 is 0. The van der Waals surface area contributed by atoms with Crippen LogP contribution in [0.4, 0.5) is 0 Å². The fourth-order valence-corrected chi connectivity index (χ4v) is 5.56. The Morgan fingerprint density at radius 2 is 1.31 bits per heavy atom. The Morgan fingerprint density at radius 3 is 1.88 bits per heavy atom. The SMILES string of the molecule is C1C[NH+](C2C3CC4CC(C3)CC2C4)CCO1. The molecule has 5 fully saturated rings. The topological polar surface area (TPSA) is 13.7 Å². The molecular formula is C14H24NO+. The van der Waals surface area contributed by atoms with Gasteiger partial charge < -0.3 is 9.64 Å². The lowest BCUT2D eigenvalue weighted by Gasteiger charge is -2.55. The molecule has 0 atom stereocenters. The maximum Gasteiger partial charge on any atom is 0.101 e. The first-order chi connectivity index (χ1) is 7.90. The van der Waals surface area contributed by atoms with E-state index in [2.05, 4.69) is 0 Å². The number of quaternary nitrogens is 1. The summed E-state index contributed by atoms with van der Waals surface area (Å²) in [4.78, 5) is 1.90. The van der Waals surface area contributed by atoms with E-state index in [1.54, 1.807) is 32.1 Å². The standard InChI is InChI=1S/C14H23NO/c1-3-16-4-2-15(1)14-12-6-10-5-11(8-12)9-13(14)7-10/h10-14H,1-9H2/p+1. The lowest BCUT2D eigenvalue weighted by atomic mass is 9.54. The Morgan fingerprint density at radius 1 is 0.750 bits per heavy atom.